The van der Waals surface area contributed by atoms with Crippen molar-refractivity contribution < 1.29 is 19.7 Å². The first-order valence-corrected chi connectivity index (χ1v) is 12.6. The number of halogens is 1. The Bertz CT molecular complexity index is 1410. The van der Waals surface area contributed by atoms with E-state index in [1.807, 2.05) is 30.3 Å². The largest absolute Gasteiger partial charge is 0.478 e. The molecule has 7 heteroatoms. The van der Waals surface area contributed by atoms with Crippen molar-refractivity contribution in [1.82, 2.24) is 10.3 Å². The van der Waals surface area contributed by atoms with Crippen molar-refractivity contribution in [3.05, 3.63) is 112 Å². The number of ether oxygens (including phenoxy) is 1. The third-order valence-electron chi connectivity index (χ3n) is 6.64. The van der Waals surface area contributed by atoms with Gasteiger partial charge in [-0.1, -0.05) is 41.9 Å². The molecular formula is C30H27ClN2O4. The highest BCUT2D eigenvalue weighted by atomic mass is 35.5. The van der Waals surface area contributed by atoms with Crippen LogP contribution in [0.4, 0.5) is 0 Å². The molecule has 0 saturated carbocycles. The first-order chi connectivity index (χ1) is 17.9. The maximum Gasteiger partial charge on any atom is 0.335 e. The number of aromatic nitrogens is 1. The van der Waals surface area contributed by atoms with E-state index in [-0.39, 0.29) is 11.6 Å². The normalized spacial score (nSPS) is 15.6. The predicted molar refractivity (Wildman–Crippen MR) is 143 cm³/mol. The van der Waals surface area contributed by atoms with E-state index in [4.69, 9.17) is 16.3 Å². The van der Waals surface area contributed by atoms with Crippen LogP contribution < -0.4 is 10.1 Å². The summed E-state index contributed by atoms with van der Waals surface area (Å²) in [6, 6.07) is 24.1. The van der Waals surface area contributed by atoms with E-state index < -0.39 is 12.1 Å². The van der Waals surface area contributed by atoms with Crippen molar-refractivity contribution in [2.45, 2.75) is 31.4 Å². The fourth-order valence-electron chi connectivity index (χ4n) is 4.65. The molecule has 1 heterocycles. The standard InChI is InChI=1S/C30H27ClN2O4/c31-25-6-2-4-21(14-25)28(34)18-32-26-10-7-19-8-11-27(16-24(19)15-26)37-29-12-9-23(17-33-29)20-3-1-5-22(13-20)30(35)36/h1-6,8-9,11-14,16-17,26,28,32,34H,7,10,15,18H2,(H,35,36)/t26-,28+/m0/s1. The summed E-state index contributed by atoms with van der Waals surface area (Å²) in [4.78, 5) is 15.7. The van der Waals surface area contributed by atoms with Crippen LogP contribution in [0.2, 0.25) is 5.02 Å². The van der Waals surface area contributed by atoms with E-state index in [9.17, 15) is 15.0 Å². The second-order valence-electron chi connectivity index (χ2n) is 9.22. The number of aromatic carboxylic acids is 1. The van der Waals surface area contributed by atoms with Crippen molar-refractivity contribution >= 4 is 17.6 Å². The lowest BCUT2D eigenvalue weighted by atomic mass is 9.88. The number of pyridine rings is 1. The molecule has 0 radical (unpaired) electrons. The number of nitrogens with one attached hydrogen (secondary N) is 1. The number of carboxylic acids is 1. The van der Waals surface area contributed by atoms with Crippen LogP contribution >= 0.6 is 11.6 Å². The van der Waals surface area contributed by atoms with Crippen LogP contribution in [0.1, 0.15) is 39.6 Å². The molecule has 3 N–H and O–H groups in total. The van der Waals surface area contributed by atoms with E-state index >= 15 is 0 Å². The maximum atomic E-state index is 11.2. The third kappa shape index (κ3) is 6.17. The molecule has 4 aromatic rings. The first kappa shape index (κ1) is 25.0. The Balaban J connectivity index is 1.21. The van der Waals surface area contributed by atoms with Gasteiger partial charge in [0.05, 0.1) is 11.7 Å². The molecule has 5 rings (SSSR count). The predicted octanol–water partition coefficient (Wildman–Crippen LogP) is 6.07. The number of aliphatic hydroxyl groups is 1. The quantitative estimate of drug-likeness (QED) is 0.264. The summed E-state index contributed by atoms with van der Waals surface area (Å²) in [7, 11) is 0. The zero-order chi connectivity index (χ0) is 25.8. The topological polar surface area (TPSA) is 91.7 Å². The molecule has 0 saturated heterocycles. The first-order valence-electron chi connectivity index (χ1n) is 12.2. The van der Waals surface area contributed by atoms with Gasteiger partial charge < -0.3 is 20.3 Å². The molecule has 0 fully saturated rings. The lowest BCUT2D eigenvalue weighted by molar-refractivity contribution is 0.0697. The van der Waals surface area contributed by atoms with Crippen LogP contribution in [0, 0.1) is 0 Å². The van der Waals surface area contributed by atoms with Crippen LogP contribution in [0.25, 0.3) is 11.1 Å². The highest BCUT2D eigenvalue weighted by Gasteiger charge is 2.20. The average Bonchev–Trinajstić information content (AvgIpc) is 2.92. The monoisotopic (exact) mass is 514 g/mol. The van der Waals surface area contributed by atoms with Gasteiger partial charge in [0.1, 0.15) is 5.75 Å². The molecule has 0 amide bonds. The molecule has 2 atom stereocenters. The fraction of sp³-hybridized carbons (Fsp3) is 0.200. The van der Waals surface area contributed by atoms with Gasteiger partial charge in [-0.05, 0) is 84.0 Å². The highest BCUT2D eigenvalue weighted by molar-refractivity contribution is 6.30. The molecule has 0 aliphatic heterocycles. The third-order valence-corrected chi connectivity index (χ3v) is 6.88. The molecule has 0 unspecified atom stereocenters. The van der Waals surface area contributed by atoms with Crippen LogP contribution in [-0.2, 0) is 12.8 Å². The van der Waals surface area contributed by atoms with Crippen LogP contribution in [0.5, 0.6) is 11.6 Å². The second-order valence-corrected chi connectivity index (χ2v) is 9.66. The van der Waals surface area contributed by atoms with Crippen LogP contribution in [-0.4, -0.2) is 33.8 Å². The summed E-state index contributed by atoms with van der Waals surface area (Å²) < 4.78 is 6.02. The van der Waals surface area contributed by atoms with Gasteiger partial charge in [0.25, 0.3) is 0 Å². The molecule has 0 bridgehead atoms. The van der Waals surface area contributed by atoms with Gasteiger partial charge in [-0.25, -0.2) is 9.78 Å². The Kier molecular flexibility index (Phi) is 7.51. The highest BCUT2D eigenvalue weighted by Crippen LogP contribution is 2.29. The number of carboxylic acid groups (broad SMARTS) is 1. The summed E-state index contributed by atoms with van der Waals surface area (Å²) in [5.41, 5.74) is 5.17. The van der Waals surface area contributed by atoms with Crippen molar-refractivity contribution in [3.8, 4) is 22.8 Å². The van der Waals surface area contributed by atoms with Gasteiger partial charge in [0, 0.05) is 35.4 Å². The van der Waals surface area contributed by atoms with Crippen molar-refractivity contribution in [2.24, 2.45) is 0 Å². The molecule has 188 valence electrons. The Morgan fingerprint density at radius 1 is 1.03 bits per heavy atom. The summed E-state index contributed by atoms with van der Waals surface area (Å²) in [6.07, 6.45) is 3.88. The van der Waals surface area contributed by atoms with Gasteiger partial charge in [-0.2, -0.15) is 0 Å². The Hall–Kier alpha value is -3.71. The van der Waals surface area contributed by atoms with Crippen LogP contribution in [0.15, 0.2) is 85.1 Å². The molecule has 6 nitrogen and oxygen atoms in total. The van der Waals surface area contributed by atoms with Gasteiger partial charge in [-0.3, -0.25) is 0 Å². The number of benzene rings is 3. The summed E-state index contributed by atoms with van der Waals surface area (Å²) in [5.74, 6) is 0.219. The number of aryl methyl sites for hydroxylation is 1. The lowest BCUT2D eigenvalue weighted by Gasteiger charge is -2.27. The van der Waals surface area contributed by atoms with E-state index in [2.05, 4.69) is 22.4 Å². The number of carbonyl (C=O) groups is 1. The van der Waals surface area contributed by atoms with Gasteiger partial charge in [0.15, 0.2) is 0 Å². The SMILES string of the molecule is O=C(O)c1cccc(-c2ccc(Oc3ccc4c(c3)C[C@@H](NC[C@@H](O)c3cccc(Cl)c3)CC4)nc2)c1. The van der Waals surface area contributed by atoms with E-state index in [1.165, 1.54) is 11.1 Å². The molecular weight excluding hydrogens is 488 g/mol. The van der Waals surface area contributed by atoms with Crippen LogP contribution in [0.3, 0.4) is 0 Å². The zero-order valence-corrected chi connectivity index (χ0v) is 20.9. The van der Waals surface area contributed by atoms with Crippen molar-refractivity contribution in [3.63, 3.8) is 0 Å². The minimum Gasteiger partial charge on any atom is -0.478 e. The minimum atomic E-state index is -0.961. The van der Waals surface area contributed by atoms with Gasteiger partial charge in [0.2, 0.25) is 5.88 Å². The zero-order valence-electron chi connectivity index (χ0n) is 20.1. The number of hydrogen-bond donors (Lipinski definition) is 3. The summed E-state index contributed by atoms with van der Waals surface area (Å²) in [5, 5.41) is 23.9. The van der Waals surface area contributed by atoms with Gasteiger partial charge >= 0.3 is 5.97 Å². The Morgan fingerprint density at radius 2 is 1.89 bits per heavy atom. The molecule has 1 aromatic heterocycles. The molecule has 3 aromatic carbocycles. The minimum absolute atomic E-state index is 0.235. The number of nitrogens with zero attached hydrogens (tertiary/aromatic N) is 1. The fourth-order valence-corrected chi connectivity index (χ4v) is 4.84. The number of rotatable bonds is 8. The van der Waals surface area contributed by atoms with Crippen molar-refractivity contribution in [1.29, 1.82) is 0 Å². The van der Waals surface area contributed by atoms with E-state index in [0.29, 0.717) is 23.2 Å². The maximum absolute atomic E-state index is 11.2. The second kappa shape index (κ2) is 11.1. The Labute approximate surface area is 220 Å². The van der Waals surface area contributed by atoms with E-state index in [0.717, 1.165) is 36.0 Å². The van der Waals surface area contributed by atoms with E-state index in [1.54, 1.807) is 42.6 Å². The average molecular weight is 515 g/mol. The number of hydrogen-bond acceptors (Lipinski definition) is 5. The summed E-state index contributed by atoms with van der Waals surface area (Å²) in [6.45, 7) is 0.460. The smallest absolute Gasteiger partial charge is 0.335 e. The molecule has 1 aliphatic rings. The Morgan fingerprint density at radius 3 is 2.68 bits per heavy atom. The molecule has 0 spiro atoms. The van der Waals surface area contributed by atoms with Gasteiger partial charge in [-0.15, -0.1) is 0 Å². The van der Waals surface area contributed by atoms with Crippen molar-refractivity contribution in [2.75, 3.05) is 6.54 Å². The lowest BCUT2D eigenvalue weighted by Crippen LogP contribution is -2.37. The summed E-state index contributed by atoms with van der Waals surface area (Å²) >= 11 is 6.05. The number of aliphatic hydroxyl groups excluding tert-OH is 1. The number of fused-ring (bicyclic) bond motifs is 1. The molecule has 37 heavy (non-hydrogen) atoms. The molecule has 1 aliphatic carbocycles.